The average molecular weight is 126 g/mol. The molecule has 0 spiro atoms. The maximum atomic E-state index is 10.6. The largest absolute Gasteiger partial charge is 0.478 e. The van der Waals surface area contributed by atoms with Crippen LogP contribution in [0.15, 0.2) is 11.6 Å². The Balaban J connectivity index is 2.80. The van der Waals surface area contributed by atoms with Crippen LogP contribution >= 0.6 is 0 Å². The normalized spacial score (nSPS) is 17.8. The van der Waals surface area contributed by atoms with Crippen molar-refractivity contribution in [3.05, 3.63) is 11.6 Å². The molecule has 0 aromatic heterocycles. The van der Waals surface area contributed by atoms with E-state index in [-0.39, 0.29) is 11.4 Å². The fourth-order valence-electron chi connectivity index (χ4n) is 0.803. The molecule has 0 bridgehead atoms. The Hall–Kier alpha value is -1.12. The van der Waals surface area contributed by atoms with Crippen LogP contribution in [0.1, 0.15) is 12.8 Å². The van der Waals surface area contributed by atoms with Crippen LogP contribution in [0.5, 0.6) is 0 Å². The molecule has 1 rings (SSSR count). The molecule has 48 valence electrons. The summed E-state index contributed by atoms with van der Waals surface area (Å²) in [6.07, 6.45) is 2.41. The fourth-order valence-corrected chi connectivity index (χ4v) is 0.803. The Morgan fingerprint density at radius 3 is 2.56 bits per heavy atom. The molecule has 0 fully saturated rings. The predicted molar refractivity (Wildman–Crippen MR) is 30.0 cm³/mol. The molecular weight excluding hydrogens is 120 g/mol. The molecule has 0 amide bonds. The number of carbonyl (C=O) groups is 2. The quantitative estimate of drug-likeness (QED) is 0.516. The van der Waals surface area contributed by atoms with Crippen LogP contribution in [0.4, 0.5) is 0 Å². The highest BCUT2D eigenvalue weighted by molar-refractivity contribution is 6.17. The Morgan fingerprint density at radius 1 is 1.67 bits per heavy atom. The van der Waals surface area contributed by atoms with Crippen molar-refractivity contribution in [1.29, 1.82) is 0 Å². The zero-order valence-corrected chi connectivity index (χ0v) is 4.76. The molecule has 0 heterocycles. The molecule has 1 N–H and O–H groups in total. The molecule has 0 aliphatic heterocycles. The van der Waals surface area contributed by atoms with Gasteiger partial charge in [0.05, 0.1) is 5.57 Å². The van der Waals surface area contributed by atoms with E-state index in [9.17, 15) is 9.59 Å². The number of hydrogen-bond acceptors (Lipinski definition) is 2. The summed E-state index contributed by atoms with van der Waals surface area (Å²) in [7, 11) is 0. The average Bonchev–Trinajstić information content (AvgIpc) is 2.13. The number of carbonyl (C=O) groups excluding carboxylic acids is 1. The Kier molecular flexibility index (Phi) is 1.34. The second-order valence-electron chi connectivity index (χ2n) is 1.88. The van der Waals surface area contributed by atoms with E-state index < -0.39 is 5.97 Å². The van der Waals surface area contributed by atoms with Gasteiger partial charge in [-0.05, 0) is 6.42 Å². The van der Waals surface area contributed by atoms with Crippen LogP contribution in [0, 0.1) is 0 Å². The maximum Gasteiger partial charge on any atom is 0.338 e. The first-order valence-electron chi connectivity index (χ1n) is 2.68. The Morgan fingerprint density at radius 2 is 2.33 bits per heavy atom. The SMILES string of the molecule is O=C(O)C1=CCCC1=O. The monoisotopic (exact) mass is 126 g/mol. The summed E-state index contributed by atoms with van der Waals surface area (Å²) in [6.45, 7) is 0. The lowest BCUT2D eigenvalue weighted by Crippen LogP contribution is -2.06. The molecule has 1 aliphatic rings. The van der Waals surface area contributed by atoms with Gasteiger partial charge < -0.3 is 5.11 Å². The van der Waals surface area contributed by atoms with Gasteiger partial charge in [-0.3, -0.25) is 4.79 Å². The molecule has 0 saturated carbocycles. The second-order valence-corrected chi connectivity index (χ2v) is 1.88. The van der Waals surface area contributed by atoms with E-state index in [2.05, 4.69) is 0 Å². The van der Waals surface area contributed by atoms with Gasteiger partial charge in [-0.25, -0.2) is 4.79 Å². The Bertz CT molecular complexity index is 190. The number of allylic oxidation sites excluding steroid dienone is 1. The van der Waals surface area contributed by atoms with E-state index in [4.69, 9.17) is 5.11 Å². The highest BCUT2D eigenvalue weighted by atomic mass is 16.4. The maximum absolute atomic E-state index is 10.6. The topological polar surface area (TPSA) is 54.4 Å². The molecule has 0 aromatic rings. The van der Waals surface area contributed by atoms with Gasteiger partial charge in [0, 0.05) is 6.42 Å². The van der Waals surface area contributed by atoms with Crippen LogP contribution in [0.25, 0.3) is 0 Å². The molecule has 0 saturated heterocycles. The highest BCUT2D eigenvalue weighted by Crippen LogP contribution is 2.12. The first-order chi connectivity index (χ1) is 4.22. The van der Waals surface area contributed by atoms with Gasteiger partial charge in [-0.15, -0.1) is 0 Å². The van der Waals surface area contributed by atoms with Crippen molar-refractivity contribution in [2.75, 3.05) is 0 Å². The van der Waals surface area contributed by atoms with Crippen LogP contribution in [0.3, 0.4) is 0 Å². The number of ketones is 1. The third-order valence-corrected chi connectivity index (χ3v) is 1.25. The van der Waals surface area contributed by atoms with Crippen molar-refractivity contribution in [3.8, 4) is 0 Å². The van der Waals surface area contributed by atoms with Crippen LogP contribution in [-0.2, 0) is 9.59 Å². The minimum Gasteiger partial charge on any atom is -0.478 e. The fraction of sp³-hybridized carbons (Fsp3) is 0.333. The molecule has 3 heteroatoms. The van der Waals surface area contributed by atoms with E-state index in [1.54, 1.807) is 0 Å². The lowest BCUT2D eigenvalue weighted by atomic mass is 10.2. The molecule has 1 aliphatic carbocycles. The third-order valence-electron chi connectivity index (χ3n) is 1.25. The molecule has 3 nitrogen and oxygen atoms in total. The number of carboxylic acid groups (broad SMARTS) is 1. The molecule has 0 aromatic carbocycles. The van der Waals surface area contributed by atoms with Gasteiger partial charge in [-0.2, -0.15) is 0 Å². The number of carboxylic acids is 1. The van der Waals surface area contributed by atoms with Gasteiger partial charge in [-0.1, -0.05) is 6.08 Å². The van der Waals surface area contributed by atoms with Crippen molar-refractivity contribution in [2.24, 2.45) is 0 Å². The van der Waals surface area contributed by atoms with E-state index >= 15 is 0 Å². The van der Waals surface area contributed by atoms with Gasteiger partial charge >= 0.3 is 5.97 Å². The van der Waals surface area contributed by atoms with E-state index in [0.29, 0.717) is 12.8 Å². The van der Waals surface area contributed by atoms with Crippen LogP contribution in [0.2, 0.25) is 0 Å². The molecular formula is C6H6O3. The minimum absolute atomic E-state index is 0.0463. The predicted octanol–water partition coefficient (Wildman–Crippen LogP) is 0.360. The molecule has 0 unspecified atom stereocenters. The van der Waals surface area contributed by atoms with Crippen molar-refractivity contribution in [2.45, 2.75) is 12.8 Å². The van der Waals surface area contributed by atoms with E-state index in [1.165, 1.54) is 6.08 Å². The van der Waals surface area contributed by atoms with Crippen LogP contribution in [-0.4, -0.2) is 16.9 Å². The van der Waals surface area contributed by atoms with E-state index in [1.807, 2.05) is 0 Å². The summed E-state index contributed by atoms with van der Waals surface area (Å²) in [5.74, 6) is -1.35. The van der Waals surface area contributed by atoms with Crippen molar-refractivity contribution in [1.82, 2.24) is 0 Å². The first-order valence-corrected chi connectivity index (χ1v) is 2.68. The van der Waals surface area contributed by atoms with Gasteiger partial charge in [0.25, 0.3) is 0 Å². The summed E-state index contributed by atoms with van der Waals surface area (Å²) < 4.78 is 0. The van der Waals surface area contributed by atoms with Crippen molar-refractivity contribution < 1.29 is 14.7 Å². The summed E-state index contributed by atoms with van der Waals surface area (Å²) in [5, 5.41) is 8.29. The van der Waals surface area contributed by atoms with Crippen molar-refractivity contribution >= 4 is 11.8 Å². The third kappa shape index (κ3) is 0.988. The molecule has 0 radical (unpaired) electrons. The van der Waals surface area contributed by atoms with Gasteiger partial charge in [0.1, 0.15) is 0 Å². The minimum atomic E-state index is -1.10. The summed E-state index contributed by atoms with van der Waals surface area (Å²) in [6, 6.07) is 0. The zero-order chi connectivity index (χ0) is 6.85. The van der Waals surface area contributed by atoms with Crippen LogP contribution < -0.4 is 0 Å². The van der Waals surface area contributed by atoms with E-state index in [0.717, 1.165) is 0 Å². The van der Waals surface area contributed by atoms with Gasteiger partial charge in [0.15, 0.2) is 5.78 Å². The number of aliphatic carboxylic acids is 1. The first kappa shape index (κ1) is 6.01. The standard InChI is InChI=1S/C6H6O3/c7-5-3-1-2-4(5)6(8)9/h2H,1,3H2,(H,8,9). The lowest BCUT2D eigenvalue weighted by Gasteiger charge is -1.87. The number of hydrogen-bond donors (Lipinski definition) is 1. The van der Waals surface area contributed by atoms with Crippen molar-refractivity contribution in [3.63, 3.8) is 0 Å². The summed E-state index contributed by atoms with van der Waals surface area (Å²) in [5.41, 5.74) is -0.0463. The Labute approximate surface area is 52.0 Å². The molecule has 0 atom stereocenters. The number of rotatable bonds is 1. The highest BCUT2D eigenvalue weighted by Gasteiger charge is 2.20. The van der Waals surface area contributed by atoms with Gasteiger partial charge in [0.2, 0.25) is 0 Å². The second kappa shape index (κ2) is 2.01. The number of Topliss-reactive ketones (excluding diaryl/α,β-unsaturated/α-hetero) is 1. The summed E-state index contributed by atoms with van der Waals surface area (Å²) >= 11 is 0. The summed E-state index contributed by atoms with van der Waals surface area (Å²) in [4.78, 5) is 20.7. The molecule has 9 heavy (non-hydrogen) atoms. The lowest BCUT2D eigenvalue weighted by molar-refractivity contribution is -0.134. The zero-order valence-electron chi connectivity index (χ0n) is 4.76. The smallest absolute Gasteiger partial charge is 0.338 e.